The summed E-state index contributed by atoms with van der Waals surface area (Å²) in [6.45, 7) is 6.68. The number of nitrogens with zero attached hydrogens (tertiary/aromatic N) is 4. The molecule has 0 bridgehead atoms. The van der Waals surface area contributed by atoms with E-state index in [1.807, 2.05) is 18.7 Å². The Hall–Kier alpha value is -1.96. The highest BCUT2D eigenvalue weighted by molar-refractivity contribution is 7.94. The maximum atomic E-state index is 12.4. The van der Waals surface area contributed by atoms with Gasteiger partial charge in [0, 0.05) is 55.2 Å². The van der Waals surface area contributed by atoms with Gasteiger partial charge in [-0.2, -0.15) is 0 Å². The average molecular weight is 350 g/mol. The predicted octanol–water partition coefficient (Wildman–Crippen LogP) is 0.690. The van der Waals surface area contributed by atoms with Crippen LogP contribution in [0.3, 0.4) is 0 Å². The molecule has 0 aliphatic carbocycles. The van der Waals surface area contributed by atoms with Crippen molar-refractivity contribution in [2.75, 3.05) is 36.8 Å². The molecule has 130 valence electrons. The van der Waals surface area contributed by atoms with Gasteiger partial charge in [0.2, 0.25) is 5.91 Å². The Bertz CT molecular complexity index is 768. The van der Waals surface area contributed by atoms with Crippen LogP contribution in [-0.2, 0) is 14.6 Å². The first kappa shape index (κ1) is 16.9. The summed E-state index contributed by atoms with van der Waals surface area (Å²) in [5, 5.41) is 1.23. The van der Waals surface area contributed by atoms with E-state index in [1.165, 1.54) is 5.41 Å². The van der Waals surface area contributed by atoms with Crippen molar-refractivity contribution in [3.63, 3.8) is 0 Å². The van der Waals surface area contributed by atoms with Crippen LogP contribution in [0.2, 0.25) is 0 Å². The van der Waals surface area contributed by atoms with E-state index in [9.17, 15) is 13.2 Å². The van der Waals surface area contributed by atoms with Gasteiger partial charge in [0.05, 0.1) is 5.75 Å². The lowest BCUT2D eigenvalue weighted by Crippen LogP contribution is -2.49. The number of carbonyl (C=O) groups is 1. The maximum absolute atomic E-state index is 12.4. The number of hydrogen-bond acceptors (Lipinski definition) is 6. The third-order valence-corrected chi connectivity index (χ3v) is 6.15. The Morgan fingerprint density at radius 3 is 2.54 bits per heavy atom. The average Bonchev–Trinajstić information content (AvgIpc) is 2.89. The number of piperazine rings is 1. The molecule has 7 nitrogen and oxygen atoms in total. The minimum atomic E-state index is -3.10. The minimum Gasteiger partial charge on any atom is -0.353 e. The minimum absolute atomic E-state index is 0.0250. The van der Waals surface area contributed by atoms with Gasteiger partial charge in [-0.25, -0.2) is 18.4 Å². The molecule has 1 amide bonds. The molecule has 24 heavy (non-hydrogen) atoms. The standard InChI is InChI=1S/C16H22N4O3S/c1-12-13(2)17-11-18-16(12)20-6-4-19(5-7-20)15(21)9-14-3-8-24(22,23)10-14/h3,8,11,14H,4-7,9-10H2,1-2H3. The van der Waals surface area contributed by atoms with Gasteiger partial charge >= 0.3 is 0 Å². The Labute approximate surface area is 142 Å². The summed E-state index contributed by atoms with van der Waals surface area (Å²) in [4.78, 5) is 24.9. The fourth-order valence-corrected chi connectivity index (χ4v) is 4.53. The summed E-state index contributed by atoms with van der Waals surface area (Å²) in [7, 11) is -3.10. The lowest BCUT2D eigenvalue weighted by atomic mass is 10.1. The number of rotatable bonds is 3. The Morgan fingerprint density at radius 2 is 1.92 bits per heavy atom. The third-order valence-electron chi connectivity index (χ3n) is 4.68. The zero-order valence-electron chi connectivity index (χ0n) is 14.0. The van der Waals surface area contributed by atoms with Crippen LogP contribution in [0.5, 0.6) is 0 Å². The van der Waals surface area contributed by atoms with Crippen LogP contribution < -0.4 is 4.90 Å². The van der Waals surface area contributed by atoms with Crippen molar-refractivity contribution in [2.24, 2.45) is 5.92 Å². The molecule has 0 radical (unpaired) electrons. The molecule has 1 aromatic rings. The SMILES string of the molecule is Cc1ncnc(N2CCN(C(=O)CC3C=CS(=O)(=O)C3)CC2)c1C. The number of amides is 1. The van der Waals surface area contributed by atoms with E-state index in [-0.39, 0.29) is 24.0 Å². The lowest BCUT2D eigenvalue weighted by Gasteiger charge is -2.36. The molecule has 1 atom stereocenters. The van der Waals surface area contributed by atoms with Gasteiger partial charge < -0.3 is 9.80 Å². The fourth-order valence-electron chi connectivity index (χ4n) is 3.13. The van der Waals surface area contributed by atoms with Crippen molar-refractivity contribution in [3.8, 4) is 0 Å². The molecule has 0 spiro atoms. The Kier molecular flexibility index (Phi) is 4.58. The van der Waals surface area contributed by atoms with Crippen LogP contribution in [0.15, 0.2) is 17.8 Å². The van der Waals surface area contributed by atoms with Crippen LogP contribution in [0.25, 0.3) is 0 Å². The first-order valence-corrected chi connectivity index (χ1v) is 9.79. The number of carbonyl (C=O) groups excluding carboxylic acids is 1. The Balaban J connectivity index is 1.56. The van der Waals surface area contributed by atoms with Crippen molar-refractivity contribution < 1.29 is 13.2 Å². The van der Waals surface area contributed by atoms with Crippen molar-refractivity contribution in [2.45, 2.75) is 20.3 Å². The maximum Gasteiger partial charge on any atom is 0.223 e. The summed E-state index contributed by atoms with van der Waals surface area (Å²) < 4.78 is 22.9. The molecule has 1 aromatic heterocycles. The molecule has 1 saturated heterocycles. The molecule has 1 fully saturated rings. The van der Waals surface area contributed by atoms with Gasteiger partial charge in [-0.1, -0.05) is 6.08 Å². The molecule has 2 aliphatic heterocycles. The zero-order valence-corrected chi connectivity index (χ0v) is 14.8. The molecule has 3 heterocycles. The highest BCUT2D eigenvalue weighted by Gasteiger charge is 2.28. The van der Waals surface area contributed by atoms with E-state index in [0.717, 1.165) is 30.2 Å². The van der Waals surface area contributed by atoms with Gasteiger partial charge in [0.1, 0.15) is 12.1 Å². The topological polar surface area (TPSA) is 83.5 Å². The number of hydrogen-bond donors (Lipinski definition) is 0. The van der Waals surface area contributed by atoms with E-state index in [2.05, 4.69) is 14.9 Å². The summed E-state index contributed by atoms with van der Waals surface area (Å²) in [6, 6.07) is 0. The molecule has 1 unspecified atom stereocenters. The first-order valence-electron chi connectivity index (χ1n) is 8.07. The predicted molar refractivity (Wildman–Crippen MR) is 91.3 cm³/mol. The molecular formula is C16H22N4O3S. The quantitative estimate of drug-likeness (QED) is 0.798. The van der Waals surface area contributed by atoms with E-state index in [0.29, 0.717) is 13.1 Å². The van der Waals surface area contributed by atoms with Crippen LogP contribution in [-0.4, -0.2) is 61.1 Å². The second kappa shape index (κ2) is 6.51. The largest absolute Gasteiger partial charge is 0.353 e. The van der Waals surface area contributed by atoms with Crippen LogP contribution >= 0.6 is 0 Å². The lowest BCUT2D eigenvalue weighted by molar-refractivity contribution is -0.132. The third kappa shape index (κ3) is 3.58. The van der Waals surface area contributed by atoms with Crippen molar-refractivity contribution in [1.82, 2.24) is 14.9 Å². The van der Waals surface area contributed by atoms with Crippen LogP contribution in [0.1, 0.15) is 17.7 Å². The smallest absolute Gasteiger partial charge is 0.223 e. The van der Waals surface area contributed by atoms with Crippen LogP contribution in [0.4, 0.5) is 5.82 Å². The molecule has 0 aromatic carbocycles. The van der Waals surface area contributed by atoms with E-state index >= 15 is 0 Å². The summed E-state index contributed by atoms with van der Waals surface area (Å²) in [5.74, 6) is 0.821. The highest BCUT2D eigenvalue weighted by atomic mass is 32.2. The second-order valence-electron chi connectivity index (χ2n) is 6.40. The number of aryl methyl sites for hydroxylation is 1. The van der Waals surface area contributed by atoms with Crippen LogP contribution in [0, 0.1) is 19.8 Å². The zero-order chi connectivity index (χ0) is 17.3. The van der Waals surface area contributed by atoms with Crippen molar-refractivity contribution in [3.05, 3.63) is 29.1 Å². The fraction of sp³-hybridized carbons (Fsp3) is 0.562. The van der Waals surface area contributed by atoms with Gasteiger partial charge in [0.15, 0.2) is 9.84 Å². The molecule has 0 saturated carbocycles. The summed E-state index contributed by atoms with van der Waals surface area (Å²) >= 11 is 0. The van der Waals surface area contributed by atoms with Crippen molar-refractivity contribution in [1.29, 1.82) is 0 Å². The Morgan fingerprint density at radius 1 is 1.21 bits per heavy atom. The van der Waals surface area contributed by atoms with E-state index < -0.39 is 9.84 Å². The normalized spacial score (nSPS) is 22.8. The van der Waals surface area contributed by atoms with Gasteiger partial charge in [0.25, 0.3) is 0 Å². The second-order valence-corrected chi connectivity index (χ2v) is 8.33. The number of anilines is 1. The monoisotopic (exact) mass is 350 g/mol. The summed E-state index contributed by atoms with van der Waals surface area (Å²) in [6.07, 6.45) is 3.47. The highest BCUT2D eigenvalue weighted by Crippen LogP contribution is 2.22. The number of allylic oxidation sites excluding steroid dienone is 1. The van der Waals surface area contributed by atoms with E-state index in [4.69, 9.17) is 0 Å². The van der Waals surface area contributed by atoms with Gasteiger partial charge in [-0.15, -0.1) is 0 Å². The van der Waals surface area contributed by atoms with E-state index in [1.54, 1.807) is 12.4 Å². The van der Waals surface area contributed by atoms with Gasteiger partial charge in [-0.3, -0.25) is 4.79 Å². The summed E-state index contributed by atoms with van der Waals surface area (Å²) in [5.41, 5.74) is 2.03. The molecule has 2 aliphatic rings. The van der Waals surface area contributed by atoms with Crippen molar-refractivity contribution >= 4 is 21.6 Å². The first-order chi connectivity index (χ1) is 11.4. The number of sulfone groups is 1. The number of aromatic nitrogens is 2. The molecule has 3 rings (SSSR count). The molecular weight excluding hydrogens is 328 g/mol. The molecule has 8 heteroatoms. The van der Waals surface area contributed by atoms with Gasteiger partial charge in [-0.05, 0) is 13.8 Å². The molecule has 0 N–H and O–H groups in total.